The largest absolute Gasteiger partial charge is 0.416 e. The van der Waals surface area contributed by atoms with Gasteiger partial charge in [0, 0.05) is 12.1 Å². The fourth-order valence-electron chi connectivity index (χ4n) is 2.44. The first-order valence-corrected chi connectivity index (χ1v) is 8.60. The normalized spacial score (nSPS) is 13.7. The first kappa shape index (κ1) is 21.2. The average molecular weight is 410 g/mol. The van der Waals surface area contributed by atoms with Crippen molar-refractivity contribution in [2.24, 2.45) is 0 Å². The number of halogens is 6. The minimum Gasteiger partial charge on any atom is -0.350 e. The number of amides is 1. The molecule has 0 saturated heterocycles. The van der Waals surface area contributed by atoms with Crippen molar-refractivity contribution in [3.8, 4) is 0 Å². The zero-order valence-electron chi connectivity index (χ0n) is 14.3. The highest BCUT2D eigenvalue weighted by atomic mass is 32.1. The molecule has 1 amide bonds. The van der Waals surface area contributed by atoms with E-state index in [1.54, 1.807) is 19.0 Å². The number of carbonyl (C=O) groups is 1. The van der Waals surface area contributed by atoms with Gasteiger partial charge in [-0.1, -0.05) is 0 Å². The lowest BCUT2D eigenvalue weighted by Gasteiger charge is -2.24. The summed E-state index contributed by atoms with van der Waals surface area (Å²) in [5.41, 5.74) is -2.86. The number of benzene rings is 1. The van der Waals surface area contributed by atoms with E-state index in [1.807, 2.05) is 16.8 Å². The molecular weight excluding hydrogens is 394 g/mol. The van der Waals surface area contributed by atoms with Crippen LogP contribution in [0.1, 0.15) is 33.1 Å². The number of hydrogen-bond acceptors (Lipinski definition) is 3. The summed E-state index contributed by atoms with van der Waals surface area (Å²) in [6.07, 6.45) is -10.0. The second-order valence-electron chi connectivity index (χ2n) is 6.04. The highest BCUT2D eigenvalue weighted by Crippen LogP contribution is 2.36. The van der Waals surface area contributed by atoms with E-state index in [0.717, 1.165) is 5.56 Å². The van der Waals surface area contributed by atoms with Crippen LogP contribution >= 0.6 is 11.3 Å². The standard InChI is InChI=1S/C17H16F6N2OS/c1-25(2)14(10-3-4-27-9-10)8-24-15(26)11-5-12(16(18,19)20)7-13(6-11)17(21,22)23/h3-7,9,14H,8H2,1-2H3,(H,24,26)/t14-/m1/s1. The van der Waals surface area contributed by atoms with Crippen molar-refractivity contribution < 1.29 is 31.1 Å². The van der Waals surface area contributed by atoms with Gasteiger partial charge in [-0.15, -0.1) is 0 Å². The van der Waals surface area contributed by atoms with E-state index in [4.69, 9.17) is 0 Å². The van der Waals surface area contributed by atoms with Crippen LogP contribution < -0.4 is 5.32 Å². The molecule has 0 aliphatic rings. The van der Waals surface area contributed by atoms with Crippen LogP contribution in [0.3, 0.4) is 0 Å². The predicted octanol–water partition coefficient (Wildman–Crippen LogP) is 4.82. The van der Waals surface area contributed by atoms with Crippen LogP contribution in [0.15, 0.2) is 35.0 Å². The van der Waals surface area contributed by atoms with Gasteiger partial charge in [-0.2, -0.15) is 37.7 Å². The first-order valence-electron chi connectivity index (χ1n) is 7.66. The Hall–Kier alpha value is -2.07. The van der Waals surface area contributed by atoms with Gasteiger partial charge in [0.2, 0.25) is 0 Å². The fourth-order valence-corrected chi connectivity index (χ4v) is 3.15. The summed E-state index contributed by atoms with van der Waals surface area (Å²) in [5.74, 6) is -1.01. The van der Waals surface area contributed by atoms with Gasteiger partial charge in [0.15, 0.2) is 0 Å². The van der Waals surface area contributed by atoms with E-state index in [-0.39, 0.29) is 18.7 Å². The van der Waals surface area contributed by atoms with Crippen LogP contribution in [0.2, 0.25) is 0 Å². The minimum absolute atomic E-state index is 0.00916. The Bertz CT molecular complexity index is 751. The molecule has 1 aromatic carbocycles. The first-order chi connectivity index (χ1) is 12.4. The van der Waals surface area contributed by atoms with Gasteiger partial charge in [-0.05, 0) is 54.7 Å². The summed E-state index contributed by atoms with van der Waals surface area (Å²) in [4.78, 5) is 14.0. The third-order valence-corrected chi connectivity index (χ3v) is 4.56. The predicted molar refractivity (Wildman–Crippen MR) is 89.5 cm³/mol. The summed E-state index contributed by atoms with van der Waals surface area (Å²) in [7, 11) is 3.50. The number of nitrogens with one attached hydrogen (secondary N) is 1. The lowest BCUT2D eigenvalue weighted by Crippen LogP contribution is -2.34. The van der Waals surface area contributed by atoms with Crippen LogP contribution in [0.25, 0.3) is 0 Å². The van der Waals surface area contributed by atoms with Crippen molar-refractivity contribution in [2.45, 2.75) is 18.4 Å². The zero-order chi connectivity index (χ0) is 20.4. The number of thiophene rings is 1. The molecule has 0 unspecified atom stereocenters. The number of likely N-dealkylation sites (N-methyl/N-ethyl adjacent to an activating group) is 1. The molecule has 0 aliphatic carbocycles. The van der Waals surface area contributed by atoms with Gasteiger partial charge < -0.3 is 10.2 Å². The molecule has 0 aliphatic heterocycles. The van der Waals surface area contributed by atoms with E-state index < -0.39 is 35.0 Å². The minimum atomic E-state index is -5.00. The molecule has 1 N–H and O–H groups in total. The molecule has 1 heterocycles. The lowest BCUT2D eigenvalue weighted by atomic mass is 10.0. The van der Waals surface area contributed by atoms with Crippen LogP contribution in [0.5, 0.6) is 0 Å². The maximum atomic E-state index is 12.9. The number of hydrogen-bond donors (Lipinski definition) is 1. The van der Waals surface area contributed by atoms with Crippen molar-refractivity contribution in [3.05, 3.63) is 57.3 Å². The van der Waals surface area contributed by atoms with E-state index in [0.29, 0.717) is 12.1 Å². The lowest BCUT2D eigenvalue weighted by molar-refractivity contribution is -0.143. The quantitative estimate of drug-likeness (QED) is 0.717. The maximum absolute atomic E-state index is 12.9. The molecule has 148 valence electrons. The van der Waals surface area contributed by atoms with E-state index in [9.17, 15) is 31.1 Å². The third kappa shape index (κ3) is 5.46. The summed E-state index contributed by atoms with van der Waals surface area (Å²) in [6.45, 7) is 0.0279. The Morgan fingerprint density at radius 1 is 1.07 bits per heavy atom. The van der Waals surface area contributed by atoms with E-state index >= 15 is 0 Å². The zero-order valence-corrected chi connectivity index (χ0v) is 15.1. The monoisotopic (exact) mass is 410 g/mol. The molecular formula is C17H16F6N2OS. The van der Waals surface area contributed by atoms with Crippen LogP contribution in [0.4, 0.5) is 26.3 Å². The molecule has 1 atom stereocenters. The fraction of sp³-hybridized carbons (Fsp3) is 0.353. The highest BCUT2D eigenvalue weighted by molar-refractivity contribution is 7.07. The maximum Gasteiger partial charge on any atom is 0.416 e. The van der Waals surface area contributed by atoms with Crippen LogP contribution in [0, 0.1) is 0 Å². The Morgan fingerprint density at radius 2 is 1.63 bits per heavy atom. The van der Waals surface area contributed by atoms with Gasteiger partial charge in [0.1, 0.15) is 0 Å². The smallest absolute Gasteiger partial charge is 0.350 e. The highest BCUT2D eigenvalue weighted by Gasteiger charge is 2.37. The average Bonchev–Trinajstić information content (AvgIpc) is 3.06. The van der Waals surface area contributed by atoms with Crippen molar-refractivity contribution >= 4 is 17.2 Å². The second-order valence-corrected chi connectivity index (χ2v) is 6.82. The van der Waals surface area contributed by atoms with Crippen molar-refractivity contribution in [1.29, 1.82) is 0 Å². The Morgan fingerprint density at radius 3 is 2.04 bits per heavy atom. The van der Waals surface area contributed by atoms with Crippen LogP contribution in [-0.4, -0.2) is 31.4 Å². The number of alkyl halides is 6. The molecule has 2 aromatic rings. The molecule has 0 saturated carbocycles. The Balaban J connectivity index is 2.27. The SMILES string of the molecule is CN(C)[C@H](CNC(=O)c1cc(C(F)(F)F)cc(C(F)(F)F)c1)c1ccsc1. The molecule has 10 heteroatoms. The Labute approximate surface area is 155 Å². The molecule has 0 radical (unpaired) electrons. The molecule has 0 spiro atoms. The topological polar surface area (TPSA) is 32.3 Å². The van der Waals surface area contributed by atoms with Crippen molar-refractivity contribution in [1.82, 2.24) is 10.2 Å². The second kappa shape index (κ2) is 7.89. The van der Waals surface area contributed by atoms with Crippen LogP contribution in [-0.2, 0) is 12.4 Å². The van der Waals surface area contributed by atoms with Crippen molar-refractivity contribution in [2.75, 3.05) is 20.6 Å². The molecule has 2 rings (SSSR count). The van der Waals surface area contributed by atoms with E-state index in [2.05, 4.69) is 5.32 Å². The molecule has 0 bridgehead atoms. The summed E-state index contributed by atoms with van der Waals surface area (Å²) in [5, 5.41) is 6.09. The van der Waals surface area contributed by atoms with Crippen molar-refractivity contribution in [3.63, 3.8) is 0 Å². The van der Waals surface area contributed by atoms with Gasteiger partial charge >= 0.3 is 12.4 Å². The van der Waals surface area contributed by atoms with Gasteiger partial charge in [0.05, 0.1) is 17.2 Å². The number of rotatable bonds is 5. The summed E-state index contributed by atoms with van der Waals surface area (Å²) < 4.78 is 77.4. The third-order valence-electron chi connectivity index (χ3n) is 3.86. The summed E-state index contributed by atoms with van der Waals surface area (Å²) >= 11 is 1.44. The molecule has 3 nitrogen and oxygen atoms in total. The molecule has 1 aromatic heterocycles. The summed E-state index contributed by atoms with van der Waals surface area (Å²) in [6, 6.07) is 2.38. The Kier molecular flexibility index (Phi) is 6.21. The molecule has 27 heavy (non-hydrogen) atoms. The number of carbonyl (C=O) groups excluding carboxylic acids is 1. The van der Waals surface area contributed by atoms with E-state index in [1.165, 1.54) is 11.3 Å². The number of nitrogens with zero attached hydrogens (tertiary/aromatic N) is 1. The van der Waals surface area contributed by atoms with Gasteiger partial charge in [-0.3, -0.25) is 4.79 Å². The van der Waals surface area contributed by atoms with Gasteiger partial charge in [0.25, 0.3) is 5.91 Å². The van der Waals surface area contributed by atoms with Gasteiger partial charge in [-0.25, -0.2) is 0 Å². The molecule has 0 fully saturated rings.